The molecule has 1 aromatic carbocycles. The Balaban J connectivity index is 2.14. The van der Waals surface area contributed by atoms with Gasteiger partial charge in [0.05, 0.1) is 23.5 Å². The molecular weight excluding hydrogens is 297 g/mol. The van der Waals surface area contributed by atoms with E-state index < -0.39 is 5.60 Å². The van der Waals surface area contributed by atoms with Gasteiger partial charge >= 0.3 is 6.03 Å². The summed E-state index contributed by atoms with van der Waals surface area (Å²) in [6.45, 7) is 5.28. The average Bonchev–Trinajstić information content (AvgIpc) is 2.46. The van der Waals surface area contributed by atoms with Gasteiger partial charge < -0.3 is 20.2 Å². The number of carbonyl (C=O) groups excluding carboxylic acids is 1. The van der Waals surface area contributed by atoms with E-state index in [0.717, 1.165) is 31.6 Å². The van der Waals surface area contributed by atoms with Crippen molar-refractivity contribution in [1.29, 1.82) is 0 Å². The zero-order valence-corrected chi connectivity index (χ0v) is 14.1. The van der Waals surface area contributed by atoms with E-state index in [2.05, 4.69) is 10.2 Å². The molecule has 1 aliphatic heterocycles. The van der Waals surface area contributed by atoms with Gasteiger partial charge in [-0.25, -0.2) is 9.18 Å². The molecule has 0 aromatic heterocycles. The molecule has 0 atom stereocenters. The second-order valence-electron chi connectivity index (χ2n) is 6.81. The van der Waals surface area contributed by atoms with Crippen molar-refractivity contribution in [2.24, 2.45) is 0 Å². The number of carbonyl (C=O) groups is 1. The lowest BCUT2D eigenvalue weighted by atomic mass is 10.1. The Labute approximate surface area is 137 Å². The summed E-state index contributed by atoms with van der Waals surface area (Å²) in [5.41, 5.74) is 0.333. The smallest absolute Gasteiger partial charge is 0.321 e. The van der Waals surface area contributed by atoms with Crippen LogP contribution in [0.25, 0.3) is 0 Å². The van der Waals surface area contributed by atoms with Gasteiger partial charge in [0.1, 0.15) is 5.82 Å². The molecule has 2 amide bonds. The Morgan fingerprint density at radius 2 is 2.00 bits per heavy atom. The summed E-state index contributed by atoms with van der Waals surface area (Å²) in [5, 5.41) is 12.6. The number of likely N-dealkylation sites (N-methyl/N-ethyl adjacent to an activating group) is 1. The summed E-state index contributed by atoms with van der Waals surface area (Å²) in [4.78, 5) is 15.9. The van der Waals surface area contributed by atoms with Crippen LogP contribution < -0.4 is 10.2 Å². The van der Waals surface area contributed by atoms with Gasteiger partial charge in [-0.15, -0.1) is 0 Å². The van der Waals surface area contributed by atoms with E-state index in [-0.39, 0.29) is 18.4 Å². The van der Waals surface area contributed by atoms with Gasteiger partial charge in [0, 0.05) is 20.1 Å². The second kappa shape index (κ2) is 7.17. The molecule has 1 aromatic rings. The molecule has 128 valence electrons. The van der Waals surface area contributed by atoms with Crippen LogP contribution in [0, 0.1) is 5.82 Å². The van der Waals surface area contributed by atoms with Gasteiger partial charge in [-0.2, -0.15) is 0 Å². The quantitative estimate of drug-likeness (QED) is 0.895. The molecule has 1 saturated heterocycles. The van der Waals surface area contributed by atoms with Crippen molar-refractivity contribution in [3.05, 3.63) is 24.0 Å². The van der Waals surface area contributed by atoms with E-state index in [0.29, 0.717) is 5.69 Å². The van der Waals surface area contributed by atoms with Crippen molar-refractivity contribution < 1.29 is 14.3 Å². The first-order valence-corrected chi connectivity index (χ1v) is 8.05. The second-order valence-corrected chi connectivity index (χ2v) is 6.81. The normalized spacial score (nSPS) is 15.4. The highest BCUT2D eigenvalue weighted by molar-refractivity contribution is 5.93. The topological polar surface area (TPSA) is 55.8 Å². The number of rotatable bonds is 4. The summed E-state index contributed by atoms with van der Waals surface area (Å²) in [5.74, 6) is -0.383. The SMILES string of the molecule is CN(CC(C)(C)O)C(=O)Nc1cc(F)ccc1N1CCCCC1. The highest BCUT2D eigenvalue weighted by atomic mass is 19.1. The van der Waals surface area contributed by atoms with Gasteiger partial charge in [-0.05, 0) is 51.3 Å². The number of hydrogen-bond donors (Lipinski definition) is 2. The van der Waals surface area contributed by atoms with Gasteiger partial charge in [0.2, 0.25) is 0 Å². The molecule has 0 bridgehead atoms. The molecule has 1 heterocycles. The molecular formula is C17H26FN3O2. The molecule has 2 N–H and O–H groups in total. The molecule has 5 nitrogen and oxygen atoms in total. The molecule has 6 heteroatoms. The molecule has 0 spiro atoms. The van der Waals surface area contributed by atoms with Crippen molar-refractivity contribution in [3.8, 4) is 0 Å². The van der Waals surface area contributed by atoms with Crippen LogP contribution in [0.1, 0.15) is 33.1 Å². The van der Waals surface area contributed by atoms with Crippen LogP contribution in [0.4, 0.5) is 20.6 Å². The van der Waals surface area contributed by atoms with Crippen molar-refractivity contribution in [1.82, 2.24) is 4.90 Å². The minimum absolute atomic E-state index is 0.188. The molecule has 23 heavy (non-hydrogen) atoms. The number of nitrogens with one attached hydrogen (secondary N) is 1. The fraction of sp³-hybridized carbons (Fsp3) is 0.588. The lowest BCUT2D eigenvalue weighted by molar-refractivity contribution is 0.0550. The summed E-state index contributed by atoms with van der Waals surface area (Å²) < 4.78 is 13.6. The fourth-order valence-corrected chi connectivity index (χ4v) is 2.88. The van der Waals surface area contributed by atoms with E-state index >= 15 is 0 Å². The van der Waals surface area contributed by atoms with E-state index in [1.54, 1.807) is 27.0 Å². The Morgan fingerprint density at radius 1 is 1.35 bits per heavy atom. The Hall–Kier alpha value is -1.82. The number of benzene rings is 1. The van der Waals surface area contributed by atoms with Crippen LogP contribution in [-0.4, -0.2) is 48.3 Å². The van der Waals surface area contributed by atoms with Crippen LogP contribution in [0.5, 0.6) is 0 Å². The zero-order valence-electron chi connectivity index (χ0n) is 14.1. The van der Waals surface area contributed by atoms with E-state index in [1.165, 1.54) is 23.5 Å². The van der Waals surface area contributed by atoms with Gasteiger partial charge in [-0.3, -0.25) is 0 Å². The maximum Gasteiger partial charge on any atom is 0.321 e. The molecule has 0 aliphatic carbocycles. The molecule has 0 unspecified atom stereocenters. The van der Waals surface area contributed by atoms with Crippen LogP contribution in [0.15, 0.2) is 18.2 Å². The minimum Gasteiger partial charge on any atom is -0.389 e. The number of hydrogen-bond acceptors (Lipinski definition) is 3. The summed E-state index contributed by atoms with van der Waals surface area (Å²) in [7, 11) is 1.60. The minimum atomic E-state index is -0.982. The number of piperidine rings is 1. The van der Waals surface area contributed by atoms with E-state index in [1.807, 2.05) is 0 Å². The Morgan fingerprint density at radius 3 is 2.61 bits per heavy atom. The maximum absolute atomic E-state index is 13.6. The number of halogens is 1. The lowest BCUT2D eigenvalue weighted by Gasteiger charge is -2.31. The first-order chi connectivity index (χ1) is 10.8. The summed E-state index contributed by atoms with van der Waals surface area (Å²) in [6, 6.07) is 4.11. The maximum atomic E-state index is 13.6. The molecule has 1 fully saturated rings. The van der Waals surface area contributed by atoms with Gasteiger partial charge in [0.15, 0.2) is 0 Å². The predicted molar refractivity (Wildman–Crippen MR) is 90.4 cm³/mol. The Bertz CT molecular complexity index is 551. The highest BCUT2D eigenvalue weighted by Crippen LogP contribution is 2.29. The molecule has 0 radical (unpaired) electrons. The highest BCUT2D eigenvalue weighted by Gasteiger charge is 2.21. The van der Waals surface area contributed by atoms with Crippen molar-refractivity contribution in [3.63, 3.8) is 0 Å². The van der Waals surface area contributed by atoms with Crippen LogP contribution in [0.3, 0.4) is 0 Å². The lowest BCUT2D eigenvalue weighted by Crippen LogP contribution is -2.42. The molecule has 2 rings (SSSR count). The van der Waals surface area contributed by atoms with Crippen LogP contribution in [-0.2, 0) is 0 Å². The predicted octanol–water partition coefficient (Wildman–Crippen LogP) is 3.05. The third kappa shape index (κ3) is 5.10. The molecule has 1 aliphatic rings. The number of aliphatic hydroxyl groups is 1. The molecule has 0 saturated carbocycles. The summed E-state index contributed by atoms with van der Waals surface area (Å²) >= 11 is 0. The first-order valence-electron chi connectivity index (χ1n) is 8.05. The zero-order chi connectivity index (χ0) is 17.0. The van der Waals surface area contributed by atoms with Crippen molar-refractivity contribution in [2.45, 2.75) is 38.7 Å². The van der Waals surface area contributed by atoms with Gasteiger partial charge in [0.25, 0.3) is 0 Å². The van der Waals surface area contributed by atoms with Gasteiger partial charge in [-0.1, -0.05) is 0 Å². The van der Waals surface area contributed by atoms with Crippen LogP contribution in [0.2, 0.25) is 0 Å². The van der Waals surface area contributed by atoms with Crippen molar-refractivity contribution >= 4 is 17.4 Å². The Kier molecular flexibility index (Phi) is 5.46. The number of amides is 2. The monoisotopic (exact) mass is 323 g/mol. The summed E-state index contributed by atoms with van der Waals surface area (Å²) in [6.07, 6.45) is 3.40. The largest absolute Gasteiger partial charge is 0.389 e. The first kappa shape index (κ1) is 17.5. The fourth-order valence-electron chi connectivity index (χ4n) is 2.88. The number of urea groups is 1. The number of anilines is 2. The van der Waals surface area contributed by atoms with Crippen LogP contribution >= 0.6 is 0 Å². The average molecular weight is 323 g/mol. The number of nitrogens with zero attached hydrogens (tertiary/aromatic N) is 2. The van der Waals surface area contributed by atoms with E-state index in [4.69, 9.17) is 0 Å². The van der Waals surface area contributed by atoms with Crippen molar-refractivity contribution in [2.75, 3.05) is 36.9 Å². The third-order valence-corrected chi connectivity index (χ3v) is 3.87. The third-order valence-electron chi connectivity index (χ3n) is 3.87. The van der Waals surface area contributed by atoms with E-state index in [9.17, 15) is 14.3 Å². The standard InChI is InChI=1S/C17H26FN3O2/c1-17(2,23)12-20(3)16(22)19-14-11-13(18)7-8-15(14)21-9-5-4-6-10-21/h7-8,11,23H,4-6,9-10,12H2,1-3H3,(H,19,22).